The van der Waals surface area contributed by atoms with E-state index in [1.165, 1.54) is 18.2 Å². The number of nitrogens with zero attached hydrogens (tertiary/aromatic N) is 3. The van der Waals surface area contributed by atoms with Crippen LogP contribution >= 0.6 is 11.8 Å². The van der Waals surface area contributed by atoms with Gasteiger partial charge >= 0.3 is 0 Å². The highest BCUT2D eigenvalue weighted by Gasteiger charge is 2.30. The maximum Gasteiger partial charge on any atom is 0.262 e. The number of benzene rings is 1. The Morgan fingerprint density at radius 3 is 2.90 bits per heavy atom. The van der Waals surface area contributed by atoms with Gasteiger partial charge in [-0.25, -0.2) is 4.98 Å². The molecule has 6 nitrogen and oxygen atoms in total. The van der Waals surface area contributed by atoms with E-state index in [2.05, 4.69) is 6.92 Å². The first-order valence-electron chi connectivity index (χ1n) is 10.5. The minimum Gasteiger partial charge on any atom is -0.385 e. The lowest BCUT2D eigenvalue weighted by molar-refractivity contribution is -0.134. The van der Waals surface area contributed by atoms with Gasteiger partial charge in [-0.2, -0.15) is 0 Å². The summed E-state index contributed by atoms with van der Waals surface area (Å²) in [5.41, 5.74) is 0.616. The first-order valence-corrected chi connectivity index (χ1v) is 11.4. The zero-order valence-corrected chi connectivity index (χ0v) is 18.4. The molecule has 7 heteroatoms. The molecule has 2 heterocycles. The second-order valence-electron chi connectivity index (χ2n) is 7.56. The van der Waals surface area contributed by atoms with Gasteiger partial charge in [0.1, 0.15) is 0 Å². The van der Waals surface area contributed by atoms with Crippen molar-refractivity contribution in [1.29, 1.82) is 0 Å². The van der Waals surface area contributed by atoms with E-state index in [4.69, 9.17) is 9.72 Å². The number of amides is 1. The van der Waals surface area contributed by atoms with Crippen molar-refractivity contribution in [1.82, 2.24) is 14.5 Å². The SMILES string of the molecule is CCC1CCCCN1C(=O)C(C)Sc1nc2ccccc2c(=O)n1CCCOC. The van der Waals surface area contributed by atoms with Crippen molar-refractivity contribution in [3.8, 4) is 0 Å². The zero-order chi connectivity index (χ0) is 20.8. The van der Waals surface area contributed by atoms with Gasteiger partial charge in [0.15, 0.2) is 5.16 Å². The van der Waals surface area contributed by atoms with Crippen LogP contribution in [0.2, 0.25) is 0 Å². The summed E-state index contributed by atoms with van der Waals surface area (Å²) in [6.45, 7) is 5.99. The summed E-state index contributed by atoms with van der Waals surface area (Å²) in [6, 6.07) is 7.72. The Balaban J connectivity index is 1.88. The number of carbonyl (C=O) groups is 1. The van der Waals surface area contributed by atoms with E-state index in [1.54, 1.807) is 17.7 Å². The van der Waals surface area contributed by atoms with E-state index in [0.29, 0.717) is 35.3 Å². The van der Waals surface area contributed by atoms with Crippen molar-refractivity contribution in [2.45, 2.75) is 68.9 Å². The predicted octanol–water partition coefficient (Wildman–Crippen LogP) is 3.70. The molecule has 0 N–H and O–H groups in total. The fraction of sp³-hybridized carbons (Fsp3) is 0.591. The number of hydrogen-bond donors (Lipinski definition) is 0. The summed E-state index contributed by atoms with van der Waals surface area (Å²) in [5.74, 6) is 0.146. The highest BCUT2D eigenvalue weighted by Crippen LogP contribution is 2.27. The molecule has 3 rings (SSSR count). The number of rotatable bonds is 8. The van der Waals surface area contributed by atoms with Gasteiger partial charge in [0.25, 0.3) is 5.56 Å². The number of methoxy groups -OCH3 is 1. The number of hydrogen-bond acceptors (Lipinski definition) is 5. The van der Waals surface area contributed by atoms with E-state index >= 15 is 0 Å². The first kappa shape index (κ1) is 21.8. The Morgan fingerprint density at radius 1 is 1.34 bits per heavy atom. The number of carbonyl (C=O) groups excluding carboxylic acids is 1. The average Bonchev–Trinajstić information content (AvgIpc) is 2.75. The van der Waals surface area contributed by atoms with Gasteiger partial charge in [0.05, 0.1) is 16.2 Å². The van der Waals surface area contributed by atoms with E-state index < -0.39 is 0 Å². The fourth-order valence-corrected chi connectivity index (χ4v) is 4.96. The van der Waals surface area contributed by atoms with E-state index in [9.17, 15) is 9.59 Å². The van der Waals surface area contributed by atoms with Gasteiger partial charge in [-0.1, -0.05) is 30.8 Å². The van der Waals surface area contributed by atoms with Crippen LogP contribution in [-0.2, 0) is 16.1 Å². The lowest BCUT2D eigenvalue weighted by Crippen LogP contribution is -2.46. The summed E-state index contributed by atoms with van der Waals surface area (Å²) in [5, 5.41) is 0.926. The van der Waals surface area contributed by atoms with Gasteiger partial charge in [-0.3, -0.25) is 14.2 Å². The lowest BCUT2D eigenvalue weighted by Gasteiger charge is -2.36. The molecule has 29 heavy (non-hydrogen) atoms. The highest BCUT2D eigenvalue weighted by atomic mass is 32.2. The second kappa shape index (κ2) is 10.3. The van der Waals surface area contributed by atoms with Crippen molar-refractivity contribution < 1.29 is 9.53 Å². The number of thioether (sulfide) groups is 1. The molecule has 0 saturated carbocycles. The number of piperidine rings is 1. The zero-order valence-electron chi connectivity index (χ0n) is 17.6. The van der Waals surface area contributed by atoms with E-state index in [1.807, 2.05) is 30.0 Å². The van der Waals surface area contributed by atoms with Gasteiger partial charge in [0.2, 0.25) is 5.91 Å². The molecule has 1 aromatic carbocycles. The Labute approximate surface area is 176 Å². The molecule has 0 bridgehead atoms. The molecule has 0 radical (unpaired) electrons. The smallest absolute Gasteiger partial charge is 0.262 e. The molecule has 1 amide bonds. The van der Waals surface area contributed by atoms with Crippen LogP contribution in [-0.4, -0.2) is 51.9 Å². The Bertz CT molecular complexity index is 898. The molecule has 2 unspecified atom stereocenters. The minimum absolute atomic E-state index is 0.0572. The largest absolute Gasteiger partial charge is 0.385 e. The van der Waals surface area contributed by atoms with Gasteiger partial charge in [-0.15, -0.1) is 0 Å². The topological polar surface area (TPSA) is 64.4 Å². The first-order chi connectivity index (χ1) is 14.1. The quantitative estimate of drug-likeness (QED) is 0.372. The number of ether oxygens (including phenoxy) is 1. The number of fused-ring (bicyclic) bond motifs is 1. The van der Waals surface area contributed by atoms with Crippen molar-refractivity contribution in [2.24, 2.45) is 0 Å². The third kappa shape index (κ3) is 5.01. The van der Waals surface area contributed by atoms with Crippen LogP contribution in [0.5, 0.6) is 0 Å². The van der Waals surface area contributed by atoms with Gasteiger partial charge in [0, 0.05) is 32.8 Å². The molecule has 158 valence electrons. The van der Waals surface area contributed by atoms with Crippen LogP contribution < -0.4 is 5.56 Å². The maximum atomic E-state index is 13.2. The van der Waals surface area contributed by atoms with Crippen LogP contribution in [0.25, 0.3) is 10.9 Å². The summed E-state index contributed by atoms with van der Waals surface area (Å²) in [6.07, 6.45) is 5.04. The molecule has 1 aliphatic heterocycles. The molecule has 1 saturated heterocycles. The number of likely N-dealkylation sites (tertiary alicyclic amines) is 1. The molecule has 1 fully saturated rings. The normalized spacial score (nSPS) is 18.2. The Morgan fingerprint density at radius 2 is 2.14 bits per heavy atom. The predicted molar refractivity (Wildman–Crippen MR) is 117 cm³/mol. The molecular formula is C22H31N3O3S. The monoisotopic (exact) mass is 417 g/mol. The summed E-state index contributed by atoms with van der Waals surface area (Å²) in [4.78, 5) is 33.0. The van der Waals surface area contributed by atoms with Crippen LogP contribution in [0.15, 0.2) is 34.2 Å². The molecule has 2 aromatic rings. The van der Waals surface area contributed by atoms with Crippen molar-refractivity contribution >= 4 is 28.6 Å². The van der Waals surface area contributed by atoms with Gasteiger partial charge in [-0.05, 0) is 51.2 Å². The van der Waals surface area contributed by atoms with Crippen molar-refractivity contribution in [3.63, 3.8) is 0 Å². The number of para-hydroxylation sites is 1. The Kier molecular flexibility index (Phi) is 7.72. The third-order valence-electron chi connectivity index (χ3n) is 5.57. The van der Waals surface area contributed by atoms with E-state index in [-0.39, 0.29) is 16.7 Å². The summed E-state index contributed by atoms with van der Waals surface area (Å²) in [7, 11) is 1.65. The molecule has 1 aromatic heterocycles. The van der Waals surface area contributed by atoms with Crippen molar-refractivity contribution in [3.05, 3.63) is 34.6 Å². The number of aromatic nitrogens is 2. The Hall–Kier alpha value is -1.86. The molecule has 0 aliphatic carbocycles. The highest BCUT2D eigenvalue weighted by molar-refractivity contribution is 8.00. The molecule has 2 atom stereocenters. The molecular weight excluding hydrogens is 386 g/mol. The third-order valence-corrected chi connectivity index (χ3v) is 6.65. The standard InChI is InChI=1S/C22H31N3O3S/c1-4-17-10-7-8-13-24(17)20(26)16(2)29-22-23-19-12-6-5-11-18(19)21(27)25(22)14-9-15-28-3/h5-6,11-12,16-17H,4,7-10,13-15H2,1-3H3. The minimum atomic E-state index is -0.288. The van der Waals surface area contributed by atoms with Crippen LogP contribution in [0.1, 0.15) is 46.0 Å². The molecule has 0 spiro atoms. The fourth-order valence-electron chi connectivity index (χ4n) is 3.96. The van der Waals surface area contributed by atoms with E-state index in [0.717, 1.165) is 32.2 Å². The average molecular weight is 418 g/mol. The van der Waals surface area contributed by atoms with Crippen LogP contribution in [0.4, 0.5) is 0 Å². The van der Waals surface area contributed by atoms with Crippen LogP contribution in [0.3, 0.4) is 0 Å². The summed E-state index contributed by atoms with van der Waals surface area (Å²) >= 11 is 1.39. The summed E-state index contributed by atoms with van der Waals surface area (Å²) < 4.78 is 6.85. The maximum absolute atomic E-state index is 13.2. The lowest BCUT2D eigenvalue weighted by atomic mass is 10.00. The second-order valence-corrected chi connectivity index (χ2v) is 8.87. The molecule has 1 aliphatic rings. The van der Waals surface area contributed by atoms with Crippen molar-refractivity contribution in [2.75, 3.05) is 20.3 Å². The van der Waals surface area contributed by atoms with Gasteiger partial charge < -0.3 is 9.64 Å². The van der Waals surface area contributed by atoms with Crippen LogP contribution in [0, 0.1) is 0 Å².